The fourth-order valence-electron chi connectivity index (χ4n) is 4.42. The zero-order chi connectivity index (χ0) is 26.2. The molecule has 0 spiro atoms. The van der Waals surface area contributed by atoms with Crippen LogP contribution in [0.2, 0.25) is 0 Å². The molecule has 36 heavy (non-hydrogen) atoms. The van der Waals surface area contributed by atoms with Crippen LogP contribution in [-0.2, 0) is 16.1 Å². The van der Waals surface area contributed by atoms with Crippen LogP contribution in [0.3, 0.4) is 0 Å². The molecule has 1 aliphatic rings. The maximum absolute atomic E-state index is 13.5. The fourth-order valence-corrected chi connectivity index (χ4v) is 4.42. The van der Waals surface area contributed by atoms with Crippen LogP contribution in [0, 0.1) is 11.7 Å². The van der Waals surface area contributed by atoms with Crippen LogP contribution in [0.15, 0.2) is 42.5 Å². The predicted molar refractivity (Wildman–Crippen MR) is 139 cm³/mol. The van der Waals surface area contributed by atoms with Crippen molar-refractivity contribution in [2.45, 2.75) is 52.3 Å². The van der Waals surface area contributed by atoms with Crippen molar-refractivity contribution in [3.8, 4) is 5.75 Å². The molecule has 196 valence electrons. The van der Waals surface area contributed by atoms with Crippen LogP contribution in [0.4, 0.5) is 10.1 Å². The number of likely N-dealkylation sites (N-methyl/N-ethyl adjacent to an activating group) is 1. The molecule has 3 atom stereocenters. The molecule has 0 fully saturated rings. The highest BCUT2D eigenvalue weighted by atomic mass is 19.1. The Morgan fingerprint density at radius 1 is 1.17 bits per heavy atom. The minimum atomic E-state index is -0.261. The van der Waals surface area contributed by atoms with E-state index in [0.717, 1.165) is 12.0 Å². The second-order valence-electron chi connectivity index (χ2n) is 9.66. The molecule has 2 aromatic rings. The van der Waals surface area contributed by atoms with Crippen molar-refractivity contribution >= 4 is 17.5 Å². The van der Waals surface area contributed by atoms with Crippen LogP contribution in [0.5, 0.6) is 5.75 Å². The van der Waals surface area contributed by atoms with Gasteiger partial charge in [0.15, 0.2) is 0 Å². The molecule has 0 aliphatic carbocycles. The Balaban J connectivity index is 1.92. The molecule has 8 heteroatoms. The maximum atomic E-state index is 13.5. The molecule has 0 aromatic heterocycles. The molecule has 0 bridgehead atoms. The molecule has 2 aromatic carbocycles. The van der Waals surface area contributed by atoms with Gasteiger partial charge in [-0.3, -0.25) is 14.5 Å². The van der Waals surface area contributed by atoms with E-state index < -0.39 is 0 Å². The predicted octanol–water partition coefficient (Wildman–Crippen LogP) is 4.57. The number of hydrogen-bond acceptors (Lipinski definition) is 5. The van der Waals surface area contributed by atoms with E-state index in [1.54, 1.807) is 49.4 Å². The normalized spacial score (nSPS) is 21.7. The van der Waals surface area contributed by atoms with E-state index in [2.05, 4.69) is 24.1 Å². The molecule has 1 aliphatic heterocycles. The molecule has 3 rings (SSSR count). The van der Waals surface area contributed by atoms with Crippen LogP contribution in [-0.4, -0.2) is 67.6 Å². The number of rotatable bonds is 6. The molecule has 0 radical (unpaired) electrons. The van der Waals surface area contributed by atoms with Crippen molar-refractivity contribution in [1.82, 2.24) is 9.80 Å². The first kappa shape index (κ1) is 27.6. The van der Waals surface area contributed by atoms with E-state index >= 15 is 0 Å². The Labute approximate surface area is 213 Å². The number of fused-ring (bicyclic) bond motifs is 1. The van der Waals surface area contributed by atoms with Gasteiger partial charge in [-0.25, -0.2) is 4.39 Å². The van der Waals surface area contributed by atoms with Crippen LogP contribution in [0.25, 0.3) is 0 Å². The third kappa shape index (κ3) is 7.27. The lowest BCUT2D eigenvalue weighted by Gasteiger charge is -2.36. The molecule has 0 saturated carbocycles. The minimum absolute atomic E-state index is 0.00606. The smallest absolute Gasteiger partial charge is 0.257 e. The summed E-state index contributed by atoms with van der Waals surface area (Å²) in [4.78, 5) is 29.4. The molecular weight excluding hydrogens is 461 g/mol. The van der Waals surface area contributed by atoms with E-state index in [9.17, 15) is 14.0 Å². The summed E-state index contributed by atoms with van der Waals surface area (Å²) in [6.07, 6.45) is 1.00. The molecule has 0 unspecified atom stereocenters. The van der Waals surface area contributed by atoms with Gasteiger partial charge < -0.3 is 19.7 Å². The van der Waals surface area contributed by atoms with Crippen molar-refractivity contribution in [1.29, 1.82) is 0 Å². The van der Waals surface area contributed by atoms with Gasteiger partial charge in [0.05, 0.1) is 11.7 Å². The second-order valence-corrected chi connectivity index (χ2v) is 9.66. The molecule has 7 nitrogen and oxygen atoms in total. The van der Waals surface area contributed by atoms with E-state index in [1.807, 2.05) is 6.92 Å². The van der Waals surface area contributed by atoms with Gasteiger partial charge in [-0.1, -0.05) is 26.0 Å². The first-order chi connectivity index (χ1) is 17.2. The quantitative estimate of drug-likeness (QED) is 0.631. The summed E-state index contributed by atoms with van der Waals surface area (Å²) < 4.78 is 25.5. The summed E-state index contributed by atoms with van der Waals surface area (Å²) >= 11 is 0. The molecular formula is C28H38FN3O4. The summed E-state index contributed by atoms with van der Waals surface area (Å²) in [7, 11) is 3.42. The van der Waals surface area contributed by atoms with Crippen molar-refractivity contribution < 1.29 is 23.5 Å². The van der Waals surface area contributed by atoms with Gasteiger partial charge in [-0.15, -0.1) is 0 Å². The average Bonchev–Trinajstić information content (AvgIpc) is 2.85. The van der Waals surface area contributed by atoms with E-state index in [4.69, 9.17) is 9.47 Å². The monoisotopic (exact) mass is 499 g/mol. The highest BCUT2D eigenvalue weighted by Gasteiger charge is 2.28. The molecule has 1 N–H and O–H groups in total. The molecule has 2 amide bonds. The topological polar surface area (TPSA) is 71.1 Å². The number of carbonyl (C=O) groups is 2. The van der Waals surface area contributed by atoms with Crippen molar-refractivity contribution in [3.05, 3.63) is 59.4 Å². The minimum Gasteiger partial charge on any atom is -0.491 e. The zero-order valence-electron chi connectivity index (χ0n) is 21.9. The van der Waals surface area contributed by atoms with E-state index in [1.165, 1.54) is 12.1 Å². The van der Waals surface area contributed by atoms with Gasteiger partial charge in [0, 0.05) is 58.0 Å². The van der Waals surface area contributed by atoms with Crippen LogP contribution < -0.4 is 10.1 Å². The lowest BCUT2D eigenvalue weighted by atomic mass is 10.0. The lowest BCUT2D eigenvalue weighted by molar-refractivity contribution is -0.116. The van der Waals surface area contributed by atoms with Crippen molar-refractivity contribution in [2.75, 3.05) is 39.2 Å². The SMILES string of the molecule is CCCC(=O)Nc1ccc2c(c1)OC[C@@H](C)N(Cc1ccc(F)cc1)C[C@@H](C)[C@@H](OC)CN(C)C2=O. The summed E-state index contributed by atoms with van der Waals surface area (Å²) in [6, 6.07) is 11.7. The Morgan fingerprint density at radius 3 is 2.56 bits per heavy atom. The van der Waals surface area contributed by atoms with Crippen molar-refractivity contribution in [2.24, 2.45) is 5.92 Å². The van der Waals surface area contributed by atoms with E-state index in [0.29, 0.717) is 49.7 Å². The van der Waals surface area contributed by atoms with E-state index in [-0.39, 0.29) is 35.7 Å². The van der Waals surface area contributed by atoms with Gasteiger partial charge in [-0.2, -0.15) is 0 Å². The van der Waals surface area contributed by atoms with Crippen LogP contribution >= 0.6 is 0 Å². The van der Waals surface area contributed by atoms with Gasteiger partial charge >= 0.3 is 0 Å². The van der Waals surface area contributed by atoms with Gasteiger partial charge in [0.2, 0.25) is 5.91 Å². The highest BCUT2D eigenvalue weighted by molar-refractivity contribution is 5.98. The summed E-state index contributed by atoms with van der Waals surface area (Å²) in [5, 5.41) is 2.88. The number of ether oxygens (including phenoxy) is 2. The zero-order valence-corrected chi connectivity index (χ0v) is 21.9. The number of methoxy groups -OCH3 is 1. The largest absolute Gasteiger partial charge is 0.491 e. The summed E-state index contributed by atoms with van der Waals surface area (Å²) in [5.41, 5.74) is 2.03. The van der Waals surface area contributed by atoms with Gasteiger partial charge in [0.1, 0.15) is 18.2 Å². The third-order valence-electron chi connectivity index (χ3n) is 6.64. The second kappa shape index (κ2) is 12.8. The number of nitrogens with one attached hydrogen (secondary N) is 1. The lowest BCUT2D eigenvalue weighted by Crippen LogP contribution is -2.46. The number of benzene rings is 2. The standard InChI is InChI=1S/C28H38FN3O4/c1-6-7-27(33)30-23-12-13-24-25(14-23)36-18-20(3)32(16-21-8-10-22(29)11-9-21)15-19(2)26(35-5)17-31(4)28(24)34/h8-14,19-20,26H,6-7,15-18H2,1-5H3,(H,30,33)/t19-,20-,26+/m1/s1. The highest BCUT2D eigenvalue weighted by Crippen LogP contribution is 2.27. The maximum Gasteiger partial charge on any atom is 0.257 e. The number of anilines is 1. The first-order valence-electron chi connectivity index (χ1n) is 12.5. The van der Waals surface area contributed by atoms with Gasteiger partial charge in [-0.05, 0) is 49.1 Å². The fraction of sp³-hybridized carbons (Fsp3) is 0.500. The molecule has 1 heterocycles. The Bertz CT molecular complexity index is 1030. The van der Waals surface area contributed by atoms with Crippen molar-refractivity contribution in [3.63, 3.8) is 0 Å². The average molecular weight is 500 g/mol. The third-order valence-corrected chi connectivity index (χ3v) is 6.64. The van der Waals surface area contributed by atoms with Crippen LogP contribution in [0.1, 0.15) is 49.5 Å². The number of carbonyl (C=O) groups excluding carboxylic acids is 2. The number of nitrogens with zero attached hydrogens (tertiary/aromatic N) is 2. The molecule has 0 saturated heterocycles. The number of halogens is 1. The summed E-state index contributed by atoms with van der Waals surface area (Å²) in [5.74, 6) is 0.0511. The Morgan fingerprint density at radius 2 is 1.89 bits per heavy atom. The number of amides is 2. The Hall–Kier alpha value is -2.97. The van der Waals surface area contributed by atoms with Gasteiger partial charge in [0.25, 0.3) is 5.91 Å². The first-order valence-corrected chi connectivity index (χ1v) is 12.5. The Kier molecular flexibility index (Phi) is 9.84. The number of hydrogen-bond donors (Lipinski definition) is 1. The summed E-state index contributed by atoms with van der Waals surface area (Å²) in [6.45, 7) is 8.23.